The van der Waals surface area contributed by atoms with Crippen molar-refractivity contribution in [1.29, 1.82) is 0 Å². The lowest BCUT2D eigenvalue weighted by atomic mass is 10.0. The fraction of sp³-hybridized carbons (Fsp3) is 0.333. The van der Waals surface area contributed by atoms with E-state index in [1.807, 2.05) is 12.1 Å². The number of hydrogen-bond acceptors (Lipinski definition) is 7. The highest BCUT2D eigenvalue weighted by Gasteiger charge is 2.23. The molecule has 1 fully saturated rings. The minimum absolute atomic E-state index is 0.0820. The van der Waals surface area contributed by atoms with Crippen LogP contribution >= 0.6 is 23.2 Å². The first-order chi connectivity index (χ1) is 18.4. The highest BCUT2D eigenvalue weighted by Crippen LogP contribution is 2.37. The second-order valence-corrected chi connectivity index (χ2v) is 12.5. The number of carbonyl (C=O) groups excluding carboxylic acids is 1. The van der Waals surface area contributed by atoms with E-state index < -0.39 is 21.8 Å². The predicted octanol–water partition coefficient (Wildman–Crippen LogP) is 4.72. The van der Waals surface area contributed by atoms with Crippen LogP contribution in [0.3, 0.4) is 0 Å². The molecule has 1 amide bonds. The number of anilines is 1. The summed E-state index contributed by atoms with van der Waals surface area (Å²) in [5.41, 5.74) is 8.40. The number of benzene rings is 2. The highest BCUT2D eigenvalue weighted by atomic mass is 35.5. The molecule has 1 aliphatic rings. The molecule has 0 spiro atoms. The lowest BCUT2D eigenvalue weighted by Gasteiger charge is -2.34. The van der Waals surface area contributed by atoms with Gasteiger partial charge in [-0.15, -0.1) is 0 Å². The number of nitrogen functional groups attached to an aromatic ring is 1. The van der Waals surface area contributed by atoms with Crippen LogP contribution in [0, 0.1) is 5.82 Å². The van der Waals surface area contributed by atoms with Crippen molar-refractivity contribution in [2.75, 3.05) is 50.5 Å². The number of nitrogens with zero attached hydrogens (tertiary/aromatic N) is 3. The maximum atomic E-state index is 14.0. The molecular formula is C27H29Cl2FN4O4S. The van der Waals surface area contributed by atoms with E-state index in [1.165, 1.54) is 18.4 Å². The maximum Gasteiger partial charge on any atom is 0.253 e. The SMILES string of the molecule is CC(Oc1cc(-c2ccc(C(=O)N3CCN(CCS(C)(=O)=O)CC3)cc2)cnc1N)c1c(Cl)ccc(F)c1Cl. The van der Waals surface area contributed by atoms with Crippen LogP contribution in [0.25, 0.3) is 11.1 Å². The number of sulfone groups is 1. The third-order valence-electron chi connectivity index (χ3n) is 6.57. The van der Waals surface area contributed by atoms with Gasteiger partial charge in [0.2, 0.25) is 0 Å². The van der Waals surface area contributed by atoms with Crippen LogP contribution in [0.1, 0.15) is 28.9 Å². The van der Waals surface area contributed by atoms with Crippen LogP contribution < -0.4 is 10.5 Å². The van der Waals surface area contributed by atoms with Gasteiger partial charge in [0, 0.05) is 66.9 Å². The molecule has 8 nitrogen and oxygen atoms in total. The van der Waals surface area contributed by atoms with Gasteiger partial charge in [0.05, 0.1) is 10.8 Å². The summed E-state index contributed by atoms with van der Waals surface area (Å²) in [7, 11) is -3.02. The van der Waals surface area contributed by atoms with Crippen LogP contribution in [-0.4, -0.2) is 73.8 Å². The number of pyridine rings is 1. The van der Waals surface area contributed by atoms with E-state index in [1.54, 1.807) is 36.2 Å². The van der Waals surface area contributed by atoms with Crippen molar-refractivity contribution in [1.82, 2.24) is 14.8 Å². The van der Waals surface area contributed by atoms with Crippen LogP contribution in [-0.2, 0) is 9.84 Å². The number of aromatic nitrogens is 1. The number of ether oxygens (including phenoxy) is 1. The molecular weight excluding hydrogens is 566 g/mol. The number of rotatable bonds is 8. The van der Waals surface area contributed by atoms with Crippen molar-refractivity contribution in [2.45, 2.75) is 13.0 Å². The predicted molar refractivity (Wildman–Crippen MR) is 152 cm³/mol. The molecule has 2 N–H and O–H groups in total. The van der Waals surface area contributed by atoms with E-state index >= 15 is 0 Å². The Morgan fingerprint density at radius 3 is 2.41 bits per heavy atom. The van der Waals surface area contributed by atoms with Gasteiger partial charge in [-0.2, -0.15) is 0 Å². The van der Waals surface area contributed by atoms with E-state index in [0.717, 1.165) is 5.56 Å². The Morgan fingerprint density at radius 1 is 1.10 bits per heavy atom. The van der Waals surface area contributed by atoms with Gasteiger partial charge < -0.3 is 15.4 Å². The summed E-state index contributed by atoms with van der Waals surface area (Å²) in [4.78, 5) is 21.1. The molecule has 208 valence electrons. The quantitative estimate of drug-likeness (QED) is 0.376. The second-order valence-electron chi connectivity index (χ2n) is 9.47. The van der Waals surface area contributed by atoms with E-state index in [2.05, 4.69) is 9.88 Å². The molecule has 1 aliphatic heterocycles. The zero-order chi connectivity index (χ0) is 28.3. The summed E-state index contributed by atoms with van der Waals surface area (Å²) in [6.45, 7) is 4.48. The summed E-state index contributed by atoms with van der Waals surface area (Å²) in [5.74, 6) is -0.140. The van der Waals surface area contributed by atoms with Crippen LogP contribution in [0.5, 0.6) is 5.75 Å². The van der Waals surface area contributed by atoms with Crippen LogP contribution in [0.4, 0.5) is 10.2 Å². The molecule has 1 atom stereocenters. The van der Waals surface area contributed by atoms with Crippen LogP contribution in [0.15, 0.2) is 48.7 Å². The number of hydrogen-bond donors (Lipinski definition) is 1. The van der Waals surface area contributed by atoms with Crippen molar-refractivity contribution in [2.24, 2.45) is 0 Å². The maximum absolute atomic E-state index is 14.0. The van der Waals surface area contributed by atoms with E-state index in [9.17, 15) is 17.6 Å². The second kappa shape index (κ2) is 12.1. The molecule has 1 aromatic heterocycles. The molecule has 2 heterocycles. The Morgan fingerprint density at radius 2 is 1.77 bits per heavy atom. The lowest BCUT2D eigenvalue weighted by molar-refractivity contribution is 0.0644. The van der Waals surface area contributed by atoms with Crippen LogP contribution in [0.2, 0.25) is 10.0 Å². The number of amides is 1. The molecule has 39 heavy (non-hydrogen) atoms. The van der Waals surface area contributed by atoms with E-state index in [0.29, 0.717) is 49.4 Å². The zero-order valence-corrected chi connectivity index (χ0v) is 23.9. The molecule has 0 aliphatic carbocycles. The topological polar surface area (TPSA) is 106 Å². The van der Waals surface area contributed by atoms with Gasteiger partial charge in [0.1, 0.15) is 21.8 Å². The molecule has 0 radical (unpaired) electrons. The highest BCUT2D eigenvalue weighted by molar-refractivity contribution is 7.90. The summed E-state index contributed by atoms with van der Waals surface area (Å²) in [6, 6.07) is 11.4. The van der Waals surface area contributed by atoms with Crippen molar-refractivity contribution < 1.29 is 22.3 Å². The van der Waals surface area contributed by atoms with Gasteiger partial charge >= 0.3 is 0 Å². The first-order valence-corrected chi connectivity index (χ1v) is 15.1. The molecule has 1 saturated heterocycles. The first-order valence-electron chi connectivity index (χ1n) is 12.3. The molecule has 2 aromatic carbocycles. The largest absolute Gasteiger partial charge is 0.482 e. The lowest BCUT2D eigenvalue weighted by Crippen LogP contribution is -2.49. The van der Waals surface area contributed by atoms with Gasteiger partial charge in [-0.05, 0) is 42.8 Å². The summed E-state index contributed by atoms with van der Waals surface area (Å²) < 4.78 is 42.8. The molecule has 12 heteroatoms. The Labute approximate surface area is 237 Å². The minimum Gasteiger partial charge on any atom is -0.482 e. The Balaban J connectivity index is 1.43. The van der Waals surface area contributed by atoms with Gasteiger partial charge in [0.25, 0.3) is 5.91 Å². The molecule has 0 bridgehead atoms. The molecule has 0 saturated carbocycles. The van der Waals surface area contributed by atoms with E-state index in [-0.39, 0.29) is 33.3 Å². The minimum atomic E-state index is -3.02. The van der Waals surface area contributed by atoms with Gasteiger partial charge in [-0.3, -0.25) is 9.69 Å². The Kier molecular flexibility index (Phi) is 9.00. The summed E-state index contributed by atoms with van der Waals surface area (Å²) >= 11 is 12.3. The normalized spacial score (nSPS) is 15.3. The number of halogens is 3. The van der Waals surface area contributed by atoms with Gasteiger partial charge in [0.15, 0.2) is 11.6 Å². The molecule has 1 unspecified atom stereocenters. The van der Waals surface area contributed by atoms with Crippen molar-refractivity contribution >= 4 is 44.8 Å². The average Bonchev–Trinajstić information content (AvgIpc) is 2.91. The van der Waals surface area contributed by atoms with Gasteiger partial charge in [-0.1, -0.05) is 35.3 Å². The van der Waals surface area contributed by atoms with Gasteiger partial charge in [-0.25, -0.2) is 17.8 Å². The third kappa shape index (κ3) is 7.19. The fourth-order valence-corrected chi connectivity index (χ4v) is 5.60. The number of piperazine rings is 1. The first kappa shape index (κ1) is 29.1. The Bertz CT molecular complexity index is 1460. The van der Waals surface area contributed by atoms with Crippen molar-refractivity contribution in [3.05, 3.63) is 75.7 Å². The average molecular weight is 596 g/mol. The summed E-state index contributed by atoms with van der Waals surface area (Å²) in [6.07, 6.45) is 2.12. The smallest absolute Gasteiger partial charge is 0.253 e. The third-order valence-corrected chi connectivity index (χ3v) is 8.21. The number of carbonyl (C=O) groups is 1. The fourth-order valence-electron chi connectivity index (χ4n) is 4.33. The monoisotopic (exact) mass is 594 g/mol. The van der Waals surface area contributed by atoms with Crippen molar-refractivity contribution in [3.63, 3.8) is 0 Å². The number of nitrogens with two attached hydrogens (primary N) is 1. The Hall–Kier alpha value is -2.92. The molecule has 4 rings (SSSR count). The van der Waals surface area contributed by atoms with E-state index in [4.69, 9.17) is 33.7 Å². The zero-order valence-electron chi connectivity index (χ0n) is 21.5. The standard InChI is InChI=1S/C27H29Cl2FN4O4S/c1-17(24-21(28)7-8-22(30)25(24)29)38-23-15-20(16-32-26(23)31)18-3-5-19(6-4-18)27(35)34-11-9-33(10-12-34)13-14-39(2,36)37/h3-8,15-17H,9-14H2,1-2H3,(H2,31,32). The summed E-state index contributed by atoms with van der Waals surface area (Å²) in [5, 5.41) is 0.153. The van der Waals surface area contributed by atoms with Crippen molar-refractivity contribution in [3.8, 4) is 16.9 Å². The molecule has 3 aromatic rings.